The Kier molecular flexibility index (Phi) is 4.29. The second kappa shape index (κ2) is 6.35. The van der Waals surface area contributed by atoms with Crippen molar-refractivity contribution in [2.75, 3.05) is 18.1 Å². The van der Waals surface area contributed by atoms with Crippen LogP contribution in [0.4, 0.5) is 5.82 Å². The summed E-state index contributed by atoms with van der Waals surface area (Å²) in [4.78, 5) is 10.2. The lowest BCUT2D eigenvalue weighted by Crippen LogP contribution is -2.04. The van der Waals surface area contributed by atoms with Gasteiger partial charge in [-0.15, -0.1) is 11.8 Å². The van der Waals surface area contributed by atoms with Gasteiger partial charge in [-0.2, -0.15) is 4.98 Å². The van der Waals surface area contributed by atoms with E-state index < -0.39 is 0 Å². The Morgan fingerprint density at radius 2 is 2.10 bits per heavy atom. The van der Waals surface area contributed by atoms with Crippen LogP contribution in [0.1, 0.15) is 31.5 Å². The average Bonchev–Trinajstić information content (AvgIpc) is 3.32. The molecule has 3 rings (SSSR count). The molecule has 1 aliphatic carbocycles. The Hall–Kier alpha value is -1.75. The number of benzene rings is 1. The van der Waals surface area contributed by atoms with Crippen LogP contribution in [0.25, 0.3) is 0 Å². The van der Waals surface area contributed by atoms with Gasteiger partial charge in [-0.25, -0.2) is 4.98 Å². The van der Waals surface area contributed by atoms with Gasteiger partial charge >= 0.3 is 0 Å². The first-order valence-corrected chi connectivity index (χ1v) is 8.46. The molecule has 0 amide bonds. The maximum Gasteiger partial charge on any atom is 0.224 e. The number of anilines is 1. The molecule has 21 heavy (non-hydrogen) atoms. The predicted molar refractivity (Wildman–Crippen MR) is 86.5 cm³/mol. The van der Waals surface area contributed by atoms with Gasteiger partial charge in [0.25, 0.3) is 0 Å². The normalized spacial score (nSPS) is 14.0. The van der Waals surface area contributed by atoms with E-state index in [4.69, 9.17) is 4.74 Å². The van der Waals surface area contributed by atoms with Gasteiger partial charge in [-0.05, 0) is 38.2 Å². The van der Waals surface area contributed by atoms with Gasteiger partial charge in [0.1, 0.15) is 17.4 Å². The average molecular weight is 301 g/mol. The molecule has 1 aliphatic rings. The largest absolute Gasteiger partial charge is 0.438 e. The second-order valence-corrected chi connectivity index (χ2v) is 5.86. The molecular formula is C16H19N3OS. The zero-order valence-corrected chi connectivity index (χ0v) is 13.1. The third kappa shape index (κ3) is 3.47. The highest BCUT2D eigenvalue weighted by atomic mass is 32.2. The smallest absolute Gasteiger partial charge is 0.224 e. The van der Waals surface area contributed by atoms with Crippen molar-refractivity contribution in [3.05, 3.63) is 36.2 Å². The number of ether oxygens (including phenoxy) is 1. The molecule has 0 atom stereocenters. The van der Waals surface area contributed by atoms with Gasteiger partial charge in [0, 0.05) is 23.4 Å². The first-order chi connectivity index (χ1) is 10.3. The summed E-state index contributed by atoms with van der Waals surface area (Å²) in [6, 6.07) is 9.87. The van der Waals surface area contributed by atoms with Crippen LogP contribution in [0.3, 0.4) is 0 Å². The van der Waals surface area contributed by atoms with E-state index in [1.54, 1.807) is 11.8 Å². The van der Waals surface area contributed by atoms with Crippen LogP contribution in [0.5, 0.6) is 11.6 Å². The molecule has 110 valence electrons. The Balaban J connectivity index is 1.89. The predicted octanol–water partition coefficient (Wildman–Crippen LogP) is 4.30. The minimum atomic E-state index is 0.502. The molecule has 0 radical (unpaired) electrons. The van der Waals surface area contributed by atoms with E-state index in [0.717, 1.165) is 28.8 Å². The molecule has 1 aromatic heterocycles. The fourth-order valence-corrected chi connectivity index (χ4v) is 2.63. The van der Waals surface area contributed by atoms with E-state index in [0.29, 0.717) is 11.8 Å². The zero-order valence-electron chi connectivity index (χ0n) is 12.3. The van der Waals surface area contributed by atoms with Gasteiger partial charge in [-0.3, -0.25) is 0 Å². The van der Waals surface area contributed by atoms with Crippen LogP contribution in [-0.2, 0) is 0 Å². The van der Waals surface area contributed by atoms with Crippen molar-refractivity contribution in [1.29, 1.82) is 0 Å². The Bertz CT molecular complexity index is 629. The van der Waals surface area contributed by atoms with Gasteiger partial charge in [0.05, 0.1) is 0 Å². The molecule has 1 heterocycles. The SMILES string of the molecule is CCNc1cc(Oc2ccccc2SC)nc(C2CC2)n1. The van der Waals surface area contributed by atoms with Crippen molar-refractivity contribution in [3.8, 4) is 11.6 Å². The summed E-state index contributed by atoms with van der Waals surface area (Å²) in [6.45, 7) is 2.89. The molecule has 5 heteroatoms. The monoisotopic (exact) mass is 301 g/mol. The van der Waals surface area contributed by atoms with Crippen LogP contribution in [0.15, 0.2) is 35.2 Å². The van der Waals surface area contributed by atoms with Crippen LogP contribution in [-0.4, -0.2) is 22.8 Å². The number of nitrogens with zero attached hydrogens (tertiary/aromatic N) is 2. The zero-order chi connectivity index (χ0) is 14.7. The summed E-state index contributed by atoms with van der Waals surface area (Å²) >= 11 is 1.67. The maximum atomic E-state index is 5.99. The fraction of sp³-hybridized carbons (Fsp3) is 0.375. The number of aromatic nitrogens is 2. The van der Waals surface area contributed by atoms with E-state index >= 15 is 0 Å². The molecule has 0 bridgehead atoms. The lowest BCUT2D eigenvalue weighted by molar-refractivity contribution is 0.448. The van der Waals surface area contributed by atoms with E-state index in [9.17, 15) is 0 Å². The minimum absolute atomic E-state index is 0.502. The maximum absolute atomic E-state index is 5.99. The summed E-state index contributed by atoms with van der Waals surface area (Å²) in [7, 11) is 0. The first kappa shape index (κ1) is 14.2. The van der Waals surface area contributed by atoms with Crippen LogP contribution < -0.4 is 10.1 Å². The minimum Gasteiger partial charge on any atom is -0.438 e. The molecule has 1 fully saturated rings. The summed E-state index contributed by atoms with van der Waals surface area (Å²) in [5.41, 5.74) is 0. The van der Waals surface area contributed by atoms with Crippen molar-refractivity contribution in [1.82, 2.24) is 9.97 Å². The summed E-state index contributed by atoms with van der Waals surface area (Å²) in [5.74, 6) is 3.69. The van der Waals surface area contributed by atoms with Gasteiger partial charge in [0.15, 0.2) is 0 Å². The highest BCUT2D eigenvalue weighted by molar-refractivity contribution is 7.98. The third-order valence-electron chi connectivity index (χ3n) is 3.30. The molecule has 1 aromatic carbocycles. The van der Waals surface area contributed by atoms with E-state index in [2.05, 4.69) is 22.2 Å². The van der Waals surface area contributed by atoms with Crippen molar-refractivity contribution in [2.24, 2.45) is 0 Å². The summed E-state index contributed by atoms with van der Waals surface area (Å²) in [6.07, 6.45) is 4.40. The standard InChI is InChI=1S/C16H19N3OS/c1-3-17-14-10-15(19-16(18-14)11-8-9-11)20-12-6-4-5-7-13(12)21-2/h4-7,10-11H,3,8-9H2,1-2H3,(H,17,18,19). The van der Waals surface area contributed by atoms with Gasteiger partial charge in [0.2, 0.25) is 5.88 Å². The van der Waals surface area contributed by atoms with Crippen LogP contribution in [0, 0.1) is 0 Å². The van der Waals surface area contributed by atoms with Crippen molar-refractivity contribution in [3.63, 3.8) is 0 Å². The number of para-hydroxylation sites is 1. The van der Waals surface area contributed by atoms with Crippen LogP contribution in [0.2, 0.25) is 0 Å². The molecule has 0 saturated heterocycles. The molecule has 0 aliphatic heterocycles. The third-order valence-corrected chi connectivity index (χ3v) is 4.08. The molecule has 1 saturated carbocycles. The molecule has 0 unspecified atom stereocenters. The van der Waals surface area contributed by atoms with Crippen molar-refractivity contribution >= 4 is 17.6 Å². The number of hydrogen-bond donors (Lipinski definition) is 1. The number of nitrogens with one attached hydrogen (secondary N) is 1. The van der Waals surface area contributed by atoms with Crippen molar-refractivity contribution < 1.29 is 4.74 Å². The highest BCUT2D eigenvalue weighted by Gasteiger charge is 2.27. The summed E-state index contributed by atoms with van der Waals surface area (Å²) in [5, 5.41) is 3.25. The number of rotatable bonds is 6. The van der Waals surface area contributed by atoms with E-state index in [1.807, 2.05) is 36.6 Å². The fourth-order valence-electron chi connectivity index (χ4n) is 2.11. The van der Waals surface area contributed by atoms with E-state index in [1.165, 1.54) is 12.8 Å². The topological polar surface area (TPSA) is 47.0 Å². The lowest BCUT2D eigenvalue weighted by Gasteiger charge is -2.11. The first-order valence-electron chi connectivity index (χ1n) is 7.24. The number of hydrogen-bond acceptors (Lipinski definition) is 5. The number of thioether (sulfide) groups is 1. The highest BCUT2D eigenvalue weighted by Crippen LogP contribution is 2.39. The molecule has 4 nitrogen and oxygen atoms in total. The van der Waals surface area contributed by atoms with Crippen LogP contribution >= 0.6 is 11.8 Å². The van der Waals surface area contributed by atoms with Crippen molar-refractivity contribution in [2.45, 2.75) is 30.6 Å². The van der Waals surface area contributed by atoms with E-state index in [-0.39, 0.29) is 0 Å². The lowest BCUT2D eigenvalue weighted by atomic mass is 10.3. The summed E-state index contributed by atoms with van der Waals surface area (Å²) < 4.78 is 5.99. The Morgan fingerprint density at radius 1 is 1.29 bits per heavy atom. The molecule has 0 spiro atoms. The Morgan fingerprint density at radius 3 is 2.81 bits per heavy atom. The molecular weight excluding hydrogens is 282 g/mol. The van der Waals surface area contributed by atoms with Gasteiger partial charge in [-0.1, -0.05) is 12.1 Å². The second-order valence-electron chi connectivity index (χ2n) is 5.01. The Labute approximate surface area is 129 Å². The molecule has 2 aromatic rings. The quantitative estimate of drug-likeness (QED) is 0.806. The molecule has 1 N–H and O–H groups in total. The van der Waals surface area contributed by atoms with Gasteiger partial charge < -0.3 is 10.1 Å².